The van der Waals surface area contributed by atoms with Gasteiger partial charge in [-0.05, 0) is 24.6 Å². The van der Waals surface area contributed by atoms with Gasteiger partial charge in [-0.3, -0.25) is 4.79 Å². The molecule has 1 aromatic carbocycles. The van der Waals surface area contributed by atoms with Crippen LogP contribution in [0.1, 0.15) is 5.56 Å². The Bertz CT molecular complexity index is 601. The lowest BCUT2D eigenvalue weighted by Gasteiger charge is -2.05. The van der Waals surface area contributed by atoms with Gasteiger partial charge in [0.15, 0.2) is 0 Å². The number of H-pyrrole nitrogens is 1. The minimum atomic E-state index is -0.354. The Morgan fingerprint density at radius 1 is 1.58 bits per heavy atom. The number of anilines is 2. The van der Waals surface area contributed by atoms with Crippen molar-refractivity contribution < 1.29 is 9.18 Å². The number of hydrogen-bond donors (Lipinski definition) is 3. The fourth-order valence-electron chi connectivity index (χ4n) is 1.32. The Hall–Kier alpha value is -2.09. The number of nitrogens with one attached hydrogen (secondary N) is 2. The summed E-state index contributed by atoms with van der Waals surface area (Å²) in [6.45, 7) is 1.66. The third kappa shape index (κ3) is 3.68. The third-order valence-electron chi connectivity index (χ3n) is 2.27. The van der Waals surface area contributed by atoms with Gasteiger partial charge in [-0.2, -0.15) is 4.98 Å². The first kappa shape index (κ1) is 13.3. The van der Waals surface area contributed by atoms with Gasteiger partial charge in [-0.25, -0.2) is 9.49 Å². The number of aromatic nitrogens is 3. The van der Waals surface area contributed by atoms with E-state index in [1.165, 1.54) is 6.07 Å². The van der Waals surface area contributed by atoms with Crippen LogP contribution in [0.15, 0.2) is 23.4 Å². The summed E-state index contributed by atoms with van der Waals surface area (Å²) in [5.74, 6) is -0.306. The average Bonchev–Trinajstić information content (AvgIpc) is 2.77. The molecule has 0 saturated heterocycles. The summed E-state index contributed by atoms with van der Waals surface area (Å²) in [5.41, 5.74) is 6.31. The lowest BCUT2D eigenvalue weighted by Crippen LogP contribution is -2.14. The van der Waals surface area contributed by atoms with Crippen molar-refractivity contribution in [1.82, 2.24) is 15.2 Å². The molecule has 2 aromatic rings. The van der Waals surface area contributed by atoms with Crippen LogP contribution in [-0.4, -0.2) is 26.8 Å². The van der Waals surface area contributed by atoms with E-state index < -0.39 is 0 Å². The molecule has 4 N–H and O–H groups in total. The Labute approximate surface area is 113 Å². The molecule has 100 valence electrons. The average molecular weight is 281 g/mol. The van der Waals surface area contributed by atoms with Gasteiger partial charge in [-0.15, -0.1) is 5.10 Å². The molecule has 1 amide bonds. The van der Waals surface area contributed by atoms with Gasteiger partial charge in [0, 0.05) is 5.69 Å². The van der Waals surface area contributed by atoms with Crippen LogP contribution in [0.25, 0.3) is 0 Å². The second-order valence-electron chi connectivity index (χ2n) is 3.80. The Kier molecular flexibility index (Phi) is 4.00. The highest BCUT2D eigenvalue weighted by atomic mass is 32.2. The zero-order valence-electron chi connectivity index (χ0n) is 10.1. The second kappa shape index (κ2) is 5.70. The number of benzene rings is 1. The fraction of sp³-hybridized carbons (Fsp3) is 0.182. The quantitative estimate of drug-likeness (QED) is 0.739. The van der Waals surface area contributed by atoms with E-state index in [-0.39, 0.29) is 23.4 Å². The summed E-state index contributed by atoms with van der Waals surface area (Å²) < 4.78 is 13.3. The number of nitrogens with two attached hydrogens (primary N) is 1. The van der Waals surface area contributed by atoms with E-state index >= 15 is 0 Å². The summed E-state index contributed by atoms with van der Waals surface area (Å²) in [5, 5.41) is 9.23. The summed E-state index contributed by atoms with van der Waals surface area (Å²) >= 11 is 1.14. The van der Waals surface area contributed by atoms with E-state index in [1.807, 2.05) is 0 Å². The molecule has 2 rings (SSSR count). The SMILES string of the molecule is Cc1ccc(NC(=O)CSc2n[nH]c(N)n2)cc1F. The molecular formula is C11H12FN5OS. The van der Waals surface area contributed by atoms with Gasteiger partial charge >= 0.3 is 0 Å². The summed E-state index contributed by atoms with van der Waals surface area (Å²) in [7, 11) is 0. The number of carbonyl (C=O) groups excluding carboxylic acids is 1. The van der Waals surface area contributed by atoms with Crippen LogP contribution in [0.4, 0.5) is 16.0 Å². The number of thioether (sulfide) groups is 1. The summed E-state index contributed by atoms with van der Waals surface area (Å²) in [6, 6.07) is 4.53. The number of aromatic amines is 1. The van der Waals surface area contributed by atoms with Crippen molar-refractivity contribution in [2.75, 3.05) is 16.8 Å². The Morgan fingerprint density at radius 3 is 3.00 bits per heavy atom. The van der Waals surface area contributed by atoms with Gasteiger partial charge in [0.05, 0.1) is 5.75 Å². The van der Waals surface area contributed by atoms with Gasteiger partial charge in [-0.1, -0.05) is 17.8 Å². The molecule has 19 heavy (non-hydrogen) atoms. The van der Waals surface area contributed by atoms with Crippen LogP contribution in [0.2, 0.25) is 0 Å². The van der Waals surface area contributed by atoms with Gasteiger partial charge in [0.25, 0.3) is 0 Å². The molecule has 6 nitrogen and oxygen atoms in total. The molecule has 0 aliphatic heterocycles. The molecule has 1 aromatic heterocycles. The maximum atomic E-state index is 13.3. The van der Waals surface area contributed by atoms with Gasteiger partial charge in [0.1, 0.15) is 5.82 Å². The highest BCUT2D eigenvalue weighted by Gasteiger charge is 2.08. The summed E-state index contributed by atoms with van der Waals surface area (Å²) in [4.78, 5) is 15.5. The monoisotopic (exact) mass is 281 g/mol. The first-order chi connectivity index (χ1) is 9.04. The number of aryl methyl sites for hydroxylation is 1. The largest absolute Gasteiger partial charge is 0.368 e. The van der Waals surface area contributed by atoms with Crippen molar-refractivity contribution in [3.8, 4) is 0 Å². The molecule has 0 aliphatic rings. The minimum absolute atomic E-state index is 0.118. The molecular weight excluding hydrogens is 269 g/mol. The topological polar surface area (TPSA) is 96.7 Å². The lowest BCUT2D eigenvalue weighted by atomic mass is 10.2. The lowest BCUT2D eigenvalue weighted by molar-refractivity contribution is -0.113. The van der Waals surface area contributed by atoms with Gasteiger partial charge in [0.2, 0.25) is 17.0 Å². The second-order valence-corrected chi connectivity index (χ2v) is 4.75. The van der Waals surface area contributed by atoms with E-state index in [2.05, 4.69) is 20.5 Å². The Morgan fingerprint density at radius 2 is 2.37 bits per heavy atom. The minimum Gasteiger partial charge on any atom is -0.368 e. The van der Waals surface area contributed by atoms with Crippen LogP contribution in [0.3, 0.4) is 0 Å². The molecule has 0 saturated carbocycles. The summed E-state index contributed by atoms with van der Waals surface area (Å²) in [6.07, 6.45) is 0. The van der Waals surface area contributed by atoms with Crippen molar-refractivity contribution in [2.45, 2.75) is 12.1 Å². The van der Waals surface area contributed by atoms with Crippen molar-refractivity contribution in [2.24, 2.45) is 0 Å². The Balaban J connectivity index is 1.88. The number of rotatable bonds is 4. The molecule has 0 atom stereocenters. The maximum Gasteiger partial charge on any atom is 0.234 e. The number of halogens is 1. The molecule has 0 spiro atoms. The zero-order valence-corrected chi connectivity index (χ0v) is 10.9. The standard InChI is InChI=1S/C11H12FN5OS/c1-6-2-3-7(4-8(6)12)14-9(18)5-19-11-15-10(13)16-17-11/h2-4H,5H2,1H3,(H,14,18)(H3,13,15,16,17). The van der Waals surface area contributed by atoms with E-state index in [9.17, 15) is 9.18 Å². The molecule has 0 bridgehead atoms. The van der Waals surface area contributed by atoms with Crippen LogP contribution < -0.4 is 11.1 Å². The number of nitrogen functional groups attached to an aromatic ring is 1. The van der Waals surface area contributed by atoms with Crippen molar-refractivity contribution >= 4 is 29.3 Å². The van der Waals surface area contributed by atoms with E-state index in [0.29, 0.717) is 16.4 Å². The molecule has 0 unspecified atom stereocenters. The highest BCUT2D eigenvalue weighted by molar-refractivity contribution is 7.99. The third-order valence-corrected chi connectivity index (χ3v) is 3.12. The molecule has 0 aliphatic carbocycles. The normalized spacial score (nSPS) is 10.4. The molecule has 0 fully saturated rings. The van der Waals surface area contributed by atoms with Crippen molar-refractivity contribution in [3.63, 3.8) is 0 Å². The number of hydrogen-bond acceptors (Lipinski definition) is 5. The molecule has 0 radical (unpaired) electrons. The van der Waals surface area contributed by atoms with Crippen LogP contribution in [-0.2, 0) is 4.79 Å². The molecule has 8 heteroatoms. The highest BCUT2D eigenvalue weighted by Crippen LogP contribution is 2.16. The van der Waals surface area contributed by atoms with Crippen LogP contribution in [0.5, 0.6) is 0 Å². The fourth-order valence-corrected chi connectivity index (χ4v) is 1.93. The van der Waals surface area contributed by atoms with Gasteiger partial charge < -0.3 is 11.1 Å². The smallest absolute Gasteiger partial charge is 0.234 e. The molecule has 1 heterocycles. The van der Waals surface area contributed by atoms with E-state index in [1.54, 1.807) is 19.1 Å². The maximum absolute atomic E-state index is 13.3. The first-order valence-corrected chi connectivity index (χ1v) is 6.40. The number of carbonyl (C=O) groups is 1. The first-order valence-electron chi connectivity index (χ1n) is 5.41. The number of nitrogens with zero attached hydrogens (tertiary/aromatic N) is 2. The van der Waals surface area contributed by atoms with Crippen molar-refractivity contribution in [3.05, 3.63) is 29.6 Å². The van der Waals surface area contributed by atoms with Crippen LogP contribution in [0, 0.1) is 12.7 Å². The van der Waals surface area contributed by atoms with E-state index in [4.69, 9.17) is 5.73 Å². The van der Waals surface area contributed by atoms with E-state index in [0.717, 1.165) is 11.8 Å². The van der Waals surface area contributed by atoms with Crippen molar-refractivity contribution in [1.29, 1.82) is 0 Å². The zero-order chi connectivity index (χ0) is 13.8. The number of amides is 1. The van der Waals surface area contributed by atoms with Crippen LogP contribution >= 0.6 is 11.8 Å². The predicted octanol–water partition coefficient (Wildman–Crippen LogP) is 1.57. The predicted molar refractivity (Wildman–Crippen MR) is 71.3 cm³/mol.